The molecular formula is C14H22N2O3. The van der Waals surface area contributed by atoms with Crippen molar-refractivity contribution in [1.29, 1.82) is 5.41 Å². The molecule has 0 atom stereocenters. The van der Waals surface area contributed by atoms with Crippen molar-refractivity contribution in [3.8, 4) is 11.5 Å². The summed E-state index contributed by atoms with van der Waals surface area (Å²) in [6, 6.07) is 5.18. The summed E-state index contributed by atoms with van der Waals surface area (Å²) in [4.78, 5) is 0. The summed E-state index contributed by atoms with van der Waals surface area (Å²) in [7, 11) is 1.57. The second-order valence-corrected chi connectivity index (χ2v) is 4.13. The minimum atomic E-state index is -0.0112. The van der Waals surface area contributed by atoms with Crippen molar-refractivity contribution in [2.45, 2.75) is 19.8 Å². The predicted molar refractivity (Wildman–Crippen MR) is 75.2 cm³/mol. The Labute approximate surface area is 114 Å². The van der Waals surface area contributed by atoms with Gasteiger partial charge in [-0.15, -0.1) is 0 Å². The molecule has 0 aromatic heterocycles. The molecule has 0 bridgehead atoms. The van der Waals surface area contributed by atoms with E-state index in [0.717, 1.165) is 19.4 Å². The van der Waals surface area contributed by atoms with Gasteiger partial charge in [0.1, 0.15) is 23.9 Å². The summed E-state index contributed by atoms with van der Waals surface area (Å²) in [5.41, 5.74) is 6.05. The molecule has 0 aliphatic heterocycles. The summed E-state index contributed by atoms with van der Waals surface area (Å²) in [5, 5.41) is 7.43. The van der Waals surface area contributed by atoms with Gasteiger partial charge in [0.05, 0.1) is 13.7 Å². The van der Waals surface area contributed by atoms with Gasteiger partial charge in [0.2, 0.25) is 0 Å². The monoisotopic (exact) mass is 266 g/mol. The molecule has 5 nitrogen and oxygen atoms in total. The number of ether oxygens (including phenoxy) is 3. The average Bonchev–Trinajstić information content (AvgIpc) is 2.42. The summed E-state index contributed by atoms with van der Waals surface area (Å²) in [6.07, 6.45) is 2.19. The van der Waals surface area contributed by atoms with Crippen LogP contribution in [0, 0.1) is 5.41 Å². The quantitative estimate of drug-likeness (QED) is 0.408. The van der Waals surface area contributed by atoms with E-state index in [1.807, 2.05) is 0 Å². The van der Waals surface area contributed by atoms with Crippen LogP contribution in [0.4, 0.5) is 0 Å². The summed E-state index contributed by atoms with van der Waals surface area (Å²) >= 11 is 0. The fraction of sp³-hybridized carbons (Fsp3) is 0.500. The van der Waals surface area contributed by atoms with Crippen LogP contribution in [0.15, 0.2) is 18.2 Å². The third-order valence-electron chi connectivity index (χ3n) is 2.57. The number of nitrogens with two attached hydrogens (primary N) is 1. The number of hydrogen-bond donors (Lipinski definition) is 2. The molecule has 0 aliphatic rings. The highest BCUT2D eigenvalue weighted by Crippen LogP contribution is 2.22. The molecule has 5 heteroatoms. The number of amidine groups is 1. The lowest BCUT2D eigenvalue weighted by Crippen LogP contribution is -2.12. The van der Waals surface area contributed by atoms with Gasteiger partial charge in [-0.1, -0.05) is 13.3 Å². The molecule has 0 spiro atoms. The second-order valence-electron chi connectivity index (χ2n) is 4.13. The SMILES string of the molecule is CCCCOCCOc1cc(OC)cc(C(=N)N)c1. The van der Waals surface area contributed by atoms with E-state index in [-0.39, 0.29) is 5.84 Å². The van der Waals surface area contributed by atoms with Gasteiger partial charge in [0, 0.05) is 18.2 Å². The van der Waals surface area contributed by atoms with E-state index in [4.69, 9.17) is 25.4 Å². The first-order valence-corrected chi connectivity index (χ1v) is 6.41. The largest absolute Gasteiger partial charge is 0.497 e. The molecule has 3 N–H and O–H groups in total. The predicted octanol–water partition coefficient (Wildman–Crippen LogP) is 2.17. The Morgan fingerprint density at radius 3 is 2.53 bits per heavy atom. The fourth-order valence-electron chi connectivity index (χ4n) is 1.50. The van der Waals surface area contributed by atoms with Crippen LogP contribution in [0.2, 0.25) is 0 Å². The average molecular weight is 266 g/mol. The molecule has 1 rings (SSSR count). The minimum Gasteiger partial charge on any atom is -0.497 e. The van der Waals surface area contributed by atoms with E-state index in [9.17, 15) is 0 Å². The highest BCUT2D eigenvalue weighted by atomic mass is 16.5. The number of nitrogens with one attached hydrogen (secondary N) is 1. The number of methoxy groups -OCH3 is 1. The Morgan fingerprint density at radius 2 is 1.89 bits per heavy atom. The van der Waals surface area contributed by atoms with Crippen molar-refractivity contribution in [3.63, 3.8) is 0 Å². The van der Waals surface area contributed by atoms with Crippen molar-refractivity contribution in [2.75, 3.05) is 26.9 Å². The van der Waals surface area contributed by atoms with E-state index in [1.165, 1.54) is 0 Å². The molecule has 0 aliphatic carbocycles. The van der Waals surface area contributed by atoms with Crippen LogP contribution in [0.1, 0.15) is 25.3 Å². The summed E-state index contributed by atoms with van der Waals surface area (Å²) < 4.78 is 16.1. The van der Waals surface area contributed by atoms with Gasteiger partial charge in [-0.3, -0.25) is 5.41 Å². The van der Waals surface area contributed by atoms with Gasteiger partial charge in [0.15, 0.2) is 0 Å². The highest BCUT2D eigenvalue weighted by molar-refractivity contribution is 5.95. The van der Waals surface area contributed by atoms with Gasteiger partial charge in [-0.05, 0) is 18.6 Å². The molecule has 1 aromatic carbocycles. The molecule has 0 saturated heterocycles. The van der Waals surface area contributed by atoms with E-state index >= 15 is 0 Å². The Bertz CT molecular complexity index is 408. The molecule has 0 heterocycles. The lowest BCUT2D eigenvalue weighted by atomic mass is 10.2. The minimum absolute atomic E-state index is 0.0112. The number of rotatable bonds is 9. The zero-order valence-electron chi connectivity index (χ0n) is 11.6. The van der Waals surface area contributed by atoms with E-state index in [2.05, 4.69) is 6.92 Å². The topological polar surface area (TPSA) is 77.6 Å². The first-order valence-electron chi connectivity index (χ1n) is 6.41. The highest BCUT2D eigenvalue weighted by Gasteiger charge is 2.04. The molecule has 0 amide bonds. The lowest BCUT2D eigenvalue weighted by molar-refractivity contribution is 0.0980. The molecule has 0 fully saturated rings. The van der Waals surface area contributed by atoms with Crippen molar-refractivity contribution >= 4 is 5.84 Å². The Balaban J connectivity index is 2.48. The van der Waals surface area contributed by atoms with Crippen molar-refractivity contribution in [3.05, 3.63) is 23.8 Å². The molecule has 0 radical (unpaired) electrons. The molecule has 106 valence electrons. The van der Waals surface area contributed by atoms with Gasteiger partial charge in [-0.2, -0.15) is 0 Å². The van der Waals surface area contributed by atoms with Crippen molar-refractivity contribution in [1.82, 2.24) is 0 Å². The number of unbranched alkanes of at least 4 members (excludes halogenated alkanes) is 1. The van der Waals surface area contributed by atoms with Gasteiger partial charge in [0.25, 0.3) is 0 Å². The Hall–Kier alpha value is -1.75. The second kappa shape index (κ2) is 8.37. The fourth-order valence-corrected chi connectivity index (χ4v) is 1.50. The third kappa shape index (κ3) is 5.61. The smallest absolute Gasteiger partial charge is 0.123 e. The first-order chi connectivity index (χ1) is 9.17. The van der Waals surface area contributed by atoms with Crippen LogP contribution >= 0.6 is 0 Å². The number of hydrogen-bond acceptors (Lipinski definition) is 4. The van der Waals surface area contributed by atoms with E-state index in [0.29, 0.717) is 30.3 Å². The van der Waals surface area contributed by atoms with Gasteiger partial charge in [-0.25, -0.2) is 0 Å². The van der Waals surface area contributed by atoms with Gasteiger partial charge < -0.3 is 19.9 Å². The van der Waals surface area contributed by atoms with Crippen LogP contribution in [-0.2, 0) is 4.74 Å². The number of nitrogen functional groups attached to an aromatic ring is 1. The standard InChI is InChI=1S/C14H22N2O3/c1-3-4-5-18-6-7-19-13-9-11(14(15)16)8-12(10-13)17-2/h8-10H,3-7H2,1-2H3,(H3,15,16). The zero-order valence-corrected chi connectivity index (χ0v) is 11.6. The van der Waals surface area contributed by atoms with E-state index in [1.54, 1.807) is 25.3 Å². The van der Waals surface area contributed by atoms with Crippen LogP contribution in [0.25, 0.3) is 0 Å². The molecule has 1 aromatic rings. The maximum absolute atomic E-state index is 7.43. The van der Waals surface area contributed by atoms with Crippen molar-refractivity contribution < 1.29 is 14.2 Å². The summed E-state index contributed by atoms with van der Waals surface area (Å²) in [6.45, 7) is 3.90. The van der Waals surface area contributed by atoms with Crippen molar-refractivity contribution in [2.24, 2.45) is 5.73 Å². The molecule has 0 saturated carbocycles. The number of benzene rings is 1. The molecule has 0 unspecified atom stereocenters. The Kier molecular flexibility index (Phi) is 6.74. The normalized spacial score (nSPS) is 10.2. The maximum atomic E-state index is 7.43. The Morgan fingerprint density at radius 1 is 1.16 bits per heavy atom. The summed E-state index contributed by atoms with van der Waals surface area (Å²) in [5.74, 6) is 1.24. The van der Waals surface area contributed by atoms with Crippen LogP contribution in [0.5, 0.6) is 11.5 Å². The lowest BCUT2D eigenvalue weighted by Gasteiger charge is -2.10. The molecule has 19 heavy (non-hydrogen) atoms. The molecular weight excluding hydrogens is 244 g/mol. The van der Waals surface area contributed by atoms with Crippen LogP contribution in [-0.4, -0.2) is 32.8 Å². The zero-order chi connectivity index (χ0) is 14.1. The van der Waals surface area contributed by atoms with E-state index < -0.39 is 0 Å². The third-order valence-corrected chi connectivity index (χ3v) is 2.57. The van der Waals surface area contributed by atoms with Crippen LogP contribution in [0.3, 0.4) is 0 Å². The maximum Gasteiger partial charge on any atom is 0.123 e. The first kappa shape index (κ1) is 15.3. The van der Waals surface area contributed by atoms with Gasteiger partial charge >= 0.3 is 0 Å². The van der Waals surface area contributed by atoms with Crippen LogP contribution < -0.4 is 15.2 Å².